The van der Waals surface area contributed by atoms with Crippen molar-refractivity contribution < 1.29 is 4.79 Å². The van der Waals surface area contributed by atoms with Crippen LogP contribution in [0.25, 0.3) is 5.69 Å². The average molecular weight is 285 g/mol. The van der Waals surface area contributed by atoms with Gasteiger partial charge in [0.15, 0.2) is 0 Å². The summed E-state index contributed by atoms with van der Waals surface area (Å²) in [6.07, 6.45) is 3.14. The molecule has 1 saturated heterocycles. The zero-order chi connectivity index (χ0) is 14.8. The molecule has 1 aliphatic heterocycles. The highest BCUT2D eigenvalue weighted by Gasteiger charge is 2.22. The van der Waals surface area contributed by atoms with E-state index in [1.807, 2.05) is 30.0 Å². The summed E-state index contributed by atoms with van der Waals surface area (Å²) in [6.45, 7) is 6.42. The molecule has 0 spiro atoms. The summed E-state index contributed by atoms with van der Waals surface area (Å²) >= 11 is 0. The molecular weight excluding hydrogens is 266 g/mol. The monoisotopic (exact) mass is 285 g/mol. The fourth-order valence-corrected chi connectivity index (χ4v) is 2.66. The van der Waals surface area contributed by atoms with Crippen molar-refractivity contribution in [3.8, 4) is 5.69 Å². The van der Waals surface area contributed by atoms with Gasteiger partial charge in [0.25, 0.3) is 5.91 Å². The predicted octanol–water partition coefficient (Wildman–Crippen LogP) is 1.01. The summed E-state index contributed by atoms with van der Waals surface area (Å²) in [5.74, 6) is 0.103. The van der Waals surface area contributed by atoms with Gasteiger partial charge >= 0.3 is 0 Å². The number of benzene rings is 1. The van der Waals surface area contributed by atoms with Crippen LogP contribution < -0.4 is 5.32 Å². The molecule has 6 nitrogen and oxygen atoms in total. The van der Waals surface area contributed by atoms with E-state index in [1.54, 1.807) is 11.0 Å². The lowest BCUT2D eigenvalue weighted by Gasteiger charge is -2.32. The minimum Gasteiger partial charge on any atom is -0.336 e. The van der Waals surface area contributed by atoms with Crippen LogP contribution in [-0.4, -0.2) is 51.2 Å². The molecule has 1 fully saturated rings. The van der Waals surface area contributed by atoms with Gasteiger partial charge in [-0.1, -0.05) is 0 Å². The highest BCUT2D eigenvalue weighted by Crippen LogP contribution is 2.16. The molecule has 1 aliphatic rings. The molecule has 6 heteroatoms. The molecule has 0 radical (unpaired) electrons. The molecule has 1 aromatic carbocycles. The van der Waals surface area contributed by atoms with Crippen LogP contribution in [0.1, 0.15) is 22.8 Å². The fraction of sp³-hybridized carbons (Fsp3) is 0.400. The molecule has 0 saturated carbocycles. The van der Waals surface area contributed by atoms with Crippen LogP contribution in [0.15, 0.2) is 30.9 Å². The molecule has 1 aromatic heterocycles. The van der Waals surface area contributed by atoms with Crippen LogP contribution in [0.2, 0.25) is 0 Å². The maximum Gasteiger partial charge on any atom is 0.254 e. The Morgan fingerprint density at radius 2 is 2.29 bits per heavy atom. The van der Waals surface area contributed by atoms with Gasteiger partial charge in [-0.3, -0.25) is 4.79 Å². The number of piperazine rings is 1. The first-order chi connectivity index (χ1) is 10.1. The Morgan fingerprint density at radius 3 is 2.95 bits per heavy atom. The Hall–Kier alpha value is -2.21. The van der Waals surface area contributed by atoms with Crippen LogP contribution in [0.4, 0.5) is 0 Å². The first kappa shape index (κ1) is 13.8. The Balaban J connectivity index is 1.84. The molecule has 1 atom stereocenters. The van der Waals surface area contributed by atoms with Crippen LogP contribution in [0.3, 0.4) is 0 Å². The van der Waals surface area contributed by atoms with Crippen LogP contribution in [0.5, 0.6) is 0 Å². The third-order valence-corrected chi connectivity index (χ3v) is 3.78. The number of aromatic nitrogens is 3. The zero-order valence-corrected chi connectivity index (χ0v) is 12.3. The predicted molar refractivity (Wildman–Crippen MR) is 79.5 cm³/mol. The van der Waals surface area contributed by atoms with Gasteiger partial charge in [0.2, 0.25) is 0 Å². The quantitative estimate of drug-likeness (QED) is 0.894. The van der Waals surface area contributed by atoms with Crippen molar-refractivity contribution in [1.29, 1.82) is 0 Å². The maximum absolute atomic E-state index is 12.6. The first-order valence-electron chi connectivity index (χ1n) is 7.13. The average Bonchev–Trinajstić information content (AvgIpc) is 3.00. The SMILES string of the molecule is Cc1cc(-n2cncn2)ccc1C(=O)N1CCNC(C)C1. The number of aryl methyl sites for hydroxylation is 1. The van der Waals surface area contributed by atoms with Gasteiger partial charge in [-0.25, -0.2) is 9.67 Å². The number of hydrogen-bond donors (Lipinski definition) is 1. The Kier molecular flexibility index (Phi) is 3.70. The fourth-order valence-electron chi connectivity index (χ4n) is 2.66. The third-order valence-electron chi connectivity index (χ3n) is 3.78. The van der Waals surface area contributed by atoms with E-state index in [2.05, 4.69) is 22.3 Å². The Morgan fingerprint density at radius 1 is 1.43 bits per heavy atom. The van der Waals surface area contributed by atoms with Gasteiger partial charge in [-0.05, 0) is 37.6 Å². The highest BCUT2D eigenvalue weighted by atomic mass is 16.2. The lowest BCUT2D eigenvalue weighted by atomic mass is 10.1. The van der Waals surface area contributed by atoms with Crippen molar-refractivity contribution in [1.82, 2.24) is 25.0 Å². The van der Waals surface area contributed by atoms with E-state index in [4.69, 9.17) is 0 Å². The van der Waals surface area contributed by atoms with E-state index in [1.165, 1.54) is 6.33 Å². The van der Waals surface area contributed by atoms with Crippen molar-refractivity contribution in [3.63, 3.8) is 0 Å². The number of nitrogens with one attached hydrogen (secondary N) is 1. The number of carbonyl (C=O) groups is 1. The second-order valence-electron chi connectivity index (χ2n) is 5.45. The topological polar surface area (TPSA) is 63.1 Å². The van der Waals surface area contributed by atoms with Crippen LogP contribution in [0, 0.1) is 6.92 Å². The third kappa shape index (κ3) is 2.80. The van der Waals surface area contributed by atoms with Gasteiger partial charge in [-0.15, -0.1) is 0 Å². The summed E-state index contributed by atoms with van der Waals surface area (Å²) in [6, 6.07) is 6.09. The molecule has 1 unspecified atom stereocenters. The van der Waals surface area contributed by atoms with Gasteiger partial charge < -0.3 is 10.2 Å². The molecule has 21 heavy (non-hydrogen) atoms. The van der Waals surface area contributed by atoms with E-state index in [9.17, 15) is 4.79 Å². The molecule has 3 rings (SSSR count). The van der Waals surface area contributed by atoms with Gasteiger partial charge in [0.05, 0.1) is 5.69 Å². The summed E-state index contributed by atoms with van der Waals surface area (Å²) in [5, 5.41) is 7.45. The normalized spacial score (nSPS) is 18.8. The Labute approximate surface area is 123 Å². The van der Waals surface area contributed by atoms with Gasteiger partial charge in [0.1, 0.15) is 12.7 Å². The lowest BCUT2D eigenvalue weighted by molar-refractivity contribution is 0.0708. The van der Waals surface area contributed by atoms with E-state index in [-0.39, 0.29) is 5.91 Å². The van der Waals surface area contributed by atoms with E-state index in [0.29, 0.717) is 6.04 Å². The zero-order valence-electron chi connectivity index (χ0n) is 12.3. The highest BCUT2D eigenvalue weighted by molar-refractivity contribution is 5.96. The van der Waals surface area contributed by atoms with Crippen molar-refractivity contribution in [2.45, 2.75) is 19.9 Å². The van der Waals surface area contributed by atoms with E-state index < -0.39 is 0 Å². The minimum absolute atomic E-state index is 0.103. The molecule has 110 valence electrons. The van der Waals surface area contributed by atoms with Crippen molar-refractivity contribution in [2.75, 3.05) is 19.6 Å². The number of carbonyl (C=O) groups excluding carboxylic acids is 1. The first-order valence-corrected chi connectivity index (χ1v) is 7.13. The van der Waals surface area contributed by atoms with E-state index >= 15 is 0 Å². The van der Waals surface area contributed by atoms with Crippen LogP contribution >= 0.6 is 0 Å². The number of nitrogens with zero attached hydrogens (tertiary/aromatic N) is 4. The van der Waals surface area contributed by atoms with Crippen LogP contribution in [-0.2, 0) is 0 Å². The summed E-state index contributed by atoms with van der Waals surface area (Å²) < 4.78 is 1.69. The molecule has 0 aliphatic carbocycles. The second-order valence-corrected chi connectivity index (χ2v) is 5.45. The summed E-state index contributed by atoms with van der Waals surface area (Å²) in [4.78, 5) is 18.5. The maximum atomic E-state index is 12.6. The molecule has 2 aromatic rings. The van der Waals surface area contributed by atoms with Crippen molar-refractivity contribution in [3.05, 3.63) is 42.0 Å². The summed E-state index contributed by atoms with van der Waals surface area (Å²) in [5.41, 5.74) is 2.63. The number of hydrogen-bond acceptors (Lipinski definition) is 4. The summed E-state index contributed by atoms with van der Waals surface area (Å²) in [7, 11) is 0. The molecule has 2 heterocycles. The van der Waals surface area contributed by atoms with E-state index in [0.717, 1.165) is 36.4 Å². The van der Waals surface area contributed by atoms with Gasteiger partial charge in [-0.2, -0.15) is 5.10 Å². The lowest BCUT2D eigenvalue weighted by Crippen LogP contribution is -2.51. The standard InChI is InChI=1S/C15H19N5O/c1-11-7-13(20-10-16-9-18-20)3-4-14(11)15(21)19-6-5-17-12(2)8-19/h3-4,7,9-10,12,17H,5-6,8H2,1-2H3. The molecular formula is C15H19N5O. The second kappa shape index (κ2) is 5.65. The smallest absolute Gasteiger partial charge is 0.254 e. The molecule has 0 bridgehead atoms. The number of amides is 1. The number of rotatable bonds is 2. The van der Waals surface area contributed by atoms with Crippen molar-refractivity contribution >= 4 is 5.91 Å². The van der Waals surface area contributed by atoms with Crippen molar-refractivity contribution in [2.24, 2.45) is 0 Å². The van der Waals surface area contributed by atoms with Gasteiger partial charge in [0, 0.05) is 31.2 Å². The largest absolute Gasteiger partial charge is 0.336 e. The molecule has 1 N–H and O–H groups in total. The molecule has 1 amide bonds. The Bertz CT molecular complexity index is 638. The minimum atomic E-state index is 0.103.